The quantitative estimate of drug-likeness (QED) is 0.722. The van der Waals surface area contributed by atoms with Crippen LogP contribution in [0.2, 0.25) is 0 Å². The normalized spacial score (nSPS) is 14.9. The topological polar surface area (TPSA) is 44.9 Å². The highest BCUT2D eigenvalue weighted by molar-refractivity contribution is 5.83. The number of nitrogens with one attached hydrogen (secondary N) is 2. The fourth-order valence-corrected chi connectivity index (χ4v) is 2.52. The van der Waals surface area contributed by atoms with Gasteiger partial charge in [0.2, 0.25) is 0 Å². The third-order valence-corrected chi connectivity index (χ3v) is 3.75. The number of hydrogen-bond acceptors (Lipinski definition) is 2. The molecule has 0 saturated heterocycles. The highest BCUT2D eigenvalue weighted by atomic mass is 16.1. The minimum Gasteiger partial charge on any atom is -0.358 e. The summed E-state index contributed by atoms with van der Waals surface area (Å²) in [5, 5.41) is 4.07. The predicted molar refractivity (Wildman–Crippen MR) is 69.5 cm³/mol. The molecule has 1 aromatic carbocycles. The first-order valence-electron chi connectivity index (χ1n) is 6.03. The van der Waals surface area contributed by atoms with Crippen molar-refractivity contribution in [3.05, 3.63) is 44.7 Å². The van der Waals surface area contributed by atoms with Gasteiger partial charge in [-0.05, 0) is 31.0 Å². The largest absolute Gasteiger partial charge is 0.358 e. The summed E-state index contributed by atoms with van der Waals surface area (Å²) in [6, 6.07) is 3.96. The molecule has 0 spiro atoms. The average Bonchev–Trinajstić information content (AvgIpc) is 2.35. The molecule has 3 rings (SSSR count). The van der Waals surface area contributed by atoms with Crippen molar-refractivity contribution in [2.45, 2.75) is 26.8 Å². The molecule has 2 heterocycles. The van der Waals surface area contributed by atoms with Gasteiger partial charge in [-0.3, -0.25) is 4.79 Å². The van der Waals surface area contributed by atoms with E-state index in [9.17, 15) is 4.79 Å². The van der Waals surface area contributed by atoms with Crippen LogP contribution in [0.1, 0.15) is 22.4 Å². The van der Waals surface area contributed by atoms with Gasteiger partial charge in [-0.15, -0.1) is 0 Å². The highest BCUT2D eigenvalue weighted by Gasteiger charge is 2.16. The van der Waals surface area contributed by atoms with Crippen molar-refractivity contribution in [3.8, 4) is 0 Å². The molecule has 0 amide bonds. The van der Waals surface area contributed by atoms with Crippen LogP contribution >= 0.6 is 0 Å². The lowest BCUT2D eigenvalue weighted by Gasteiger charge is -2.18. The molecular formula is C14H16N2O. The Morgan fingerprint density at radius 3 is 2.88 bits per heavy atom. The molecular weight excluding hydrogens is 212 g/mol. The first-order chi connectivity index (χ1) is 8.18. The fourth-order valence-electron chi connectivity index (χ4n) is 2.52. The lowest BCUT2D eigenvalue weighted by Crippen LogP contribution is -2.30. The van der Waals surface area contributed by atoms with Gasteiger partial charge >= 0.3 is 0 Å². The number of aromatic amines is 1. The van der Waals surface area contributed by atoms with E-state index in [2.05, 4.69) is 24.1 Å². The monoisotopic (exact) mass is 228 g/mol. The summed E-state index contributed by atoms with van der Waals surface area (Å²) in [6.07, 6.45) is 0.911. The molecule has 0 bridgehead atoms. The van der Waals surface area contributed by atoms with Crippen LogP contribution < -0.4 is 10.7 Å². The molecule has 88 valence electrons. The van der Waals surface area contributed by atoms with Crippen LogP contribution in [0.4, 0.5) is 0 Å². The molecule has 0 unspecified atom stereocenters. The Labute approximate surface area is 99.9 Å². The number of aryl methyl sites for hydroxylation is 2. The van der Waals surface area contributed by atoms with E-state index in [0.717, 1.165) is 35.1 Å². The molecule has 0 fully saturated rings. The number of hydrogen-bond donors (Lipinski definition) is 2. The van der Waals surface area contributed by atoms with Crippen molar-refractivity contribution < 1.29 is 0 Å². The van der Waals surface area contributed by atoms with Gasteiger partial charge in [0.1, 0.15) is 0 Å². The van der Waals surface area contributed by atoms with Crippen molar-refractivity contribution in [1.29, 1.82) is 0 Å². The summed E-state index contributed by atoms with van der Waals surface area (Å²) in [4.78, 5) is 15.8. The first-order valence-corrected chi connectivity index (χ1v) is 6.03. The summed E-state index contributed by atoms with van der Waals surface area (Å²) in [7, 11) is 0. The van der Waals surface area contributed by atoms with E-state index in [0.29, 0.717) is 6.54 Å². The molecule has 2 aromatic rings. The van der Waals surface area contributed by atoms with Crippen LogP contribution in [0.5, 0.6) is 0 Å². The smallest absolute Gasteiger partial charge is 0.194 e. The van der Waals surface area contributed by atoms with Gasteiger partial charge < -0.3 is 10.3 Å². The third kappa shape index (κ3) is 1.50. The summed E-state index contributed by atoms with van der Waals surface area (Å²) in [6.45, 7) is 5.78. The van der Waals surface area contributed by atoms with Gasteiger partial charge in [0, 0.05) is 36.2 Å². The lowest BCUT2D eigenvalue weighted by molar-refractivity contribution is 0.629. The number of rotatable bonds is 0. The van der Waals surface area contributed by atoms with Crippen molar-refractivity contribution >= 4 is 10.9 Å². The molecule has 1 aliphatic heterocycles. The number of benzene rings is 1. The minimum absolute atomic E-state index is 0.184. The average molecular weight is 228 g/mol. The van der Waals surface area contributed by atoms with E-state index in [1.165, 1.54) is 11.1 Å². The maximum atomic E-state index is 12.4. The Bertz CT molecular complexity index is 655. The summed E-state index contributed by atoms with van der Waals surface area (Å²) in [5.41, 5.74) is 5.62. The van der Waals surface area contributed by atoms with Gasteiger partial charge in [-0.1, -0.05) is 6.07 Å². The Kier molecular flexibility index (Phi) is 2.30. The van der Waals surface area contributed by atoms with Gasteiger partial charge in [0.25, 0.3) is 0 Å². The fraction of sp³-hybridized carbons (Fsp3) is 0.357. The zero-order chi connectivity index (χ0) is 12.0. The second-order valence-electron chi connectivity index (χ2n) is 4.77. The Morgan fingerprint density at radius 1 is 1.24 bits per heavy atom. The number of aromatic nitrogens is 1. The Balaban J connectivity index is 2.44. The summed E-state index contributed by atoms with van der Waals surface area (Å²) < 4.78 is 0. The van der Waals surface area contributed by atoms with Crippen LogP contribution in [-0.4, -0.2) is 11.5 Å². The van der Waals surface area contributed by atoms with Crippen LogP contribution in [0, 0.1) is 13.8 Å². The second kappa shape index (κ2) is 3.70. The number of H-pyrrole nitrogens is 1. The summed E-state index contributed by atoms with van der Waals surface area (Å²) in [5.74, 6) is 0. The third-order valence-electron chi connectivity index (χ3n) is 3.75. The number of fused-ring (bicyclic) bond motifs is 2. The van der Waals surface area contributed by atoms with Crippen LogP contribution in [0.3, 0.4) is 0 Å². The van der Waals surface area contributed by atoms with E-state index < -0.39 is 0 Å². The van der Waals surface area contributed by atoms with Crippen molar-refractivity contribution in [3.63, 3.8) is 0 Å². The van der Waals surface area contributed by atoms with E-state index in [-0.39, 0.29) is 5.43 Å². The van der Waals surface area contributed by atoms with Crippen molar-refractivity contribution in [2.75, 3.05) is 6.54 Å². The van der Waals surface area contributed by atoms with Crippen molar-refractivity contribution in [2.24, 2.45) is 0 Å². The standard InChI is InChI=1S/C14H16N2O/c1-8-3-4-10-13(9(8)2)16-12-5-6-15-7-11(12)14(10)17/h3-4,15H,5-7H2,1-2H3,(H,16,17). The van der Waals surface area contributed by atoms with E-state index >= 15 is 0 Å². The predicted octanol–water partition coefficient (Wildman–Crippen LogP) is 1.79. The molecule has 0 atom stereocenters. The van der Waals surface area contributed by atoms with E-state index in [1.54, 1.807) is 0 Å². The molecule has 17 heavy (non-hydrogen) atoms. The van der Waals surface area contributed by atoms with Gasteiger partial charge in [-0.2, -0.15) is 0 Å². The SMILES string of the molecule is Cc1ccc2c(=O)c3c([nH]c2c1C)CCNC3. The molecule has 0 saturated carbocycles. The van der Waals surface area contributed by atoms with Gasteiger partial charge in [0.15, 0.2) is 5.43 Å². The molecule has 0 radical (unpaired) electrons. The Hall–Kier alpha value is -1.61. The molecule has 2 N–H and O–H groups in total. The molecule has 1 aromatic heterocycles. The molecule has 3 heteroatoms. The van der Waals surface area contributed by atoms with Crippen molar-refractivity contribution in [1.82, 2.24) is 10.3 Å². The number of pyridine rings is 1. The second-order valence-corrected chi connectivity index (χ2v) is 4.77. The van der Waals surface area contributed by atoms with Crippen LogP contribution in [-0.2, 0) is 13.0 Å². The lowest BCUT2D eigenvalue weighted by atomic mass is 10.00. The van der Waals surface area contributed by atoms with Gasteiger partial charge in [0.05, 0.1) is 5.52 Å². The minimum atomic E-state index is 0.184. The van der Waals surface area contributed by atoms with Gasteiger partial charge in [-0.25, -0.2) is 0 Å². The summed E-state index contributed by atoms with van der Waals surface area (Å²) >= 11 is 0. The van der Waals surface area contributed by atoms with Crippen LogP contribution in [0.25, 0.3) is 10.9 Å². The Morgan fingerprint density at radius 2 is 2.06 bits per heavy atom. The zero-order valence-electron chi connectivity index (χ0n) is 10.2. The van der Waals surface area contributed by atoms with E-state index in [1.807, 2.05) is 12.1 Å². The van der Waals surface area contributed by atoms with E-state index in [4.69, 9.17) is 0 Å². The highest BCUT2D eigenvalue weighted by Crippen LogP contribution is 2.20. The zero-order valence-corrected chi connectivity index (χ0v) is 10.2. The molecule has 1 aliphatic rings. The maximum absolute atomic E-state index is 12.4. The molecule has 0 aliphatic carbocycles. The first kappa shape index (κ1) is 10.5. The molecule has 3 nitrogen and oxygen atoms in total. The maximum Gasteiger partial charge on any atom is 0.194 e. The van der Waals surface area contributed by atoms with Crippen LogP contribution in [0.15, 0.2) is 16.9 Å².